The van der Waals surface area contributed by atoms with Gasteiger partial charge in [0.25, 0.3) is 0 Å². The maximum Gasteiger partial charge on any atom is 0.0702 e. The Hall–Kier alpha value is -1.41. The minimum atomic E-state index is -0.199. The molecule has 0 saturated heterocycles. The molecule has 0 aliphatic heterocycles. The summed E-state index contributed by atoms with van der Waals surface area (Å²) in [6.07, 6.45) is 5.47. The molecule has 1 aromatic carbocycles. The number of pyridine rings is 1. The Morgan fingerprint density at radius 2 is 2.05 bits per heavy atom. The predicted molar refractivity (Wildman–Crippen MR) is 89.0 cm³/mol. The van der Waals surface area contributed by atoms with Crippen molar-refractivity contribution in [2.45, 2.75) is 45.6 Å². The summed E-state index contributed by atoms with van der Waals surface area (Å²) in [6.45, 7) is 6.95. The Labute approximate surface area is 127 Å². The van der Waals surface area contributed by atoms with Gasteiger partial charge in [-0.1, -0.05) is 39.3 Å². The Bertz CT molecular complexity index is 634. The standard InChI is InChI=1S/C19H26N2/c1-13(2)17-8-6-14(3)12-19(17,20)16-7-9-18-15(11-16)5-4-10-21-18/h4-5,7,9-11,13-14,17H,6,8,12,20H2,1-3H3. The summed E-state index contributed by atoms with van der Waals surface area (Å²) in [5, 5.41) is 1.19. The van der Waals surface area contributed by atoms with Gasteiger partial charge in [-0.05, 0) is 54.4 Å². The molecule has 1 saturated carbocycles. The van der Waals surface area contributed by atoms with Crippen LogP contribution in [0.15, 0.2) is 36.5 Å². The highest BCUT2D eigenvalue weighted by molar-refractivity contribution is 5.79. The van der Waals surface area contributed by atoms with Gasteiger partial charge in [-0.25, -0.2) is 0 Å². The largest absolute Gasteiger partial charge is 0.321 e. The monoisotopic (exact) mass is 282 g/mol. The first-order valence-corrected chi connectivity index (χ1v) is 8.15. The van der Waals surface area contributed by atoms with Crippen molar-refractivity contribution in [3.8, 4) is 0 Å². The van der Waals surface area contributed by atoms with Crippen molar-refractivity contribution in [2.75, 3.05) is 0 Å². The SMILES string of the molecule is CC1CCC(C(C)C)C(N)(c2ccc3ncccc3c2)C1. The predicted octanol–water partition coefficient (Wildman–Crippen LogP) is 4.48. The smallest absolute Gasteiger partial charge is 0.0702 e. The van der Waals surface area contributed by atoms with Gasteiger partial charge in [-0.3, -0.25) is 4.98 Å². The summed E-state index contributed by atoms with van der Waals surface area (Å²) in [7, 11) is 0. The van der Waals surface area contributed by atoms with Gasteiger partial charge in [0.05, 0.1) is 5.52 Å². The molecule has 1 fully saturated rings. The zero-order chi connectivity index (χ0) is 15.0. The van der Waals surface area contributed by atoms with E-state index in [-0.39, 0.29) is 5.54 Å². The number of rotatable bonds is 2. The fourth-order valence-electron chi connectivity index (χ4n) is 4.18. The van der Waals surface area contributed by atoms with Gasteiger partial charge in [0, 0.05) is 17.1 Å². The fraction of sp³-hybridized carbons (Fsp3) is 0.526. The molecule has 1 heterocycles. The molecule has 0 radical (unpaired) electrons. The van der Waals surface area contributed by atoms with Gasteiger partial charge in [0.2, 0.25) is 0 Å². The van der Waals surface area contributed by atoms with Gasteiger partial charge in [0.1, 0.15) is 0 Å². The van der Waals surface area contributed by atoms with Crippen molar-refractivity contribution >= 4 is 10.9 Å². The van der Waals surface area contributed by atoms with Crippen molar-refractivity contribution in [1.82, 2.24) is 4.98 Å². The van der Waals surface area contributed by atoms with E-state index in [0.29, 0.717) is 17.8 Å². The van der Waals surface area contributed by atoms with Crippen molar-refractivity contribution in [3.63, 3.8) is 0 Å². The van der Waals surface area contributed by atoms with Gasteiger partial charge in [-0.2, -0.15) is 0 Å². The second-order valence-corrected chi connectivity index (χ2v) is 7.19. The van der Waals surface area contributed by atoms with Crippen LogP contribution < -0.4 is 5.73 Å². The number of hydrogen-bond donors (Lipinski definition) is 1. The van der Waals surface area contributed by atoms with Crippen LogP contribution in [-0.2, 0) is 5.54 Å². The summed E-state index contributed by atoms with van der Waals surface area (Å²) in [6, 6.07) is 10.7. The molecule has 3 rings (SSSR count). The van der Waals surface area contributed by atoms with Crippen LogP contribution >= 0.6 is 0 Å². The molecule has 0 bridgehead atoms. The summed E-state index contributed by atoms with van der Waals surface area (Å²) in [4.78, 5) is 4.42. The Morgan fingerprint density at radius 1 is 1.24 bits per heavy atom. The summed E-state index contributed by atoms with van der Waals surface area (Å²) >= 11 is 0. The molecule has 2 nitrogen and oxygen atoms in total. The Morgan fingerprint density at radius 3 is 2.81 bits per heavy atom. The van der Waals surface area contributed by atoms with E-state index < -0.39 is 0 Å². The molecule has 2 heteroatoms. The maximum atomic E-state index is 6.99. The zero-order valence-electron chi connectivity index (χ0n) is 13.3. The second kappa shape index (κ2) is 5.42. The van der Waals surface area contributed by atoms with Crippen LogP contribution in [0.2, 0.25) is 0 Å². The van der Waals surface area contributed by atoms with E-state index in [1.54, 1.807) is 0 Å². The zero-order valence-corrected chi connectivity index (χ0v) is 13.3. The van der Waals surface area contributed by atoms with Crippen LogP contribution in [0.25, 0.3) is 10.9 Å². The van der Waals surface area contributed by atoms with Crippen molar-refractivity contribution in [1.29, 1.82) is 0 Å². The summed E-state index contributed by atoms with van der Waals surface area (Å²) in [5.41, 5.74) is 9.12. The Balaban J connectivity index is 2.07. The van der Waals surface area contributed by atoms with E-state index in [4.69, 9.17) is 5.73 Å². The van der Waals surface area contributed by atoms with E-state index in [2.05, 4.69) is 50.0 Å². The maximum absolute atomic E-state index is 6.99. The van der Waals surface area contributed by atoms with Crippen LogP contribution in [0.5, 0.6) is 0 Å². The van der Waals surface area contributed by atoms with Gasteiger partial charge < -0.3 is 5.73 Å². The van der Waals surface area contributed by atoms with E-state index in [9.17, 15) is 0 Å². The number of aromatic nitrogens is 1. The molecule has 1 aliphatic carbocycles. The fourth-order valence-corrected chi connectivity index (χ4v) is 4.18. The molecule has 3 atom stereocenters. The summed E-state index contributed by atoms with van der Waals surface area (Å²) < 4.78 is 0. The Kier molecular flexibility index (Phi) is 3.75. The highest BCUT2D eigenvalue weighted by Gasteiger charge is 2.42. The van der Waals surface area contributed by atoms with E-state index in [0.717, 1.165) is 11.9 Å². The molecule has 3 unspecified atom stereocenters. The lowest BCUT2D eigenvalue weighted by Gasteiger charge is -2.46. The third kappa shape index (κ3) is 2.57. The molecule has 1 aliphatic rings. The second-order valence-electron chi connectivity index (χ2n) is 7.19. The summed E-state index contributed by atoms with van der Waals surface area (Å²) in [5.74, 6) is 1.88. The van der Waals surface area contributed by atoms with Crippen molar-refractivity contribution < 1.29 is 0 Å². The average molecular weight is 282 g/mol. The van der Waals surface area contributed by atoms with Crippen LogP contribution in [0, 0.1) is 17.8 Å². The third-order valence-corrected chi connectivity index (χ3v) is 5.26. The first kappa shape index (κ1) is 14.5. The first-order valence-electron chi connectivity index (χ1n) is 8.15. The molecular weight excluding hydrogens is 256 g/mol. The first-order chi connectivity index (χ1) is 10.0. The molecule has 112 valence electrons. The van der Waals surface area contributed by atoms with Crippen molar-refractivity contribution in [2.24, 2.45) is 23.5 Å². The molecular formula is C19H26N2. The van der Waals surface area contributed by atoms with Gasteiger partial charge >= 0.3 is 0 Å². The minimum Gasteiger partial charge on any atom is -0.321 e. The number of hydrogen-bond acceptors (Lipinski definition) is 2. The molecule has 0 spiro atoms. The quantitative estimate of drug-likeness (QED) is 0.882. The lowest BCUT2D eigenvalue weighted by atomic mass is 9.62. The number of benzene rings is 1. The van der Waals surface area contributed by atoms with E-state index in [1.807, 2.05) is 12.3 Å². The lowest BCUT2D eigenvalue weighted by molar-refractivity contribution is 0.108. The number of nitrogens with zero attached hydrogens (tertiary/aromatic N) is 1. The van der Waals surface area contributed by atoms with E-state index in [1.165, 1.54) is 23.8 Å². The third-order valence-electron chi connectivity index (χ3n) is 5.26. The van der Waals surface area contributed by atoms with Gasteiger partial charge in [0.15, 0.2) is 0 Å². The number of nitrogens with two attached hydrogens (primary N) is 1. The average Bonchev–Trinajstić information content (AvgIpc) is 2.46. The van der Waals surface area contributed by atoms with Crippen LogP contribution in [0.1, 0.15) is 45.6 Å². The number of fused-ring (bicyclic) bond motifs is 1. The normalized spacial score (nSPS) is 30.0. The van der Waals surface area contributed by atoms with Crippen LogP contribution in [-0.4, -0.2) is 4.98 Å². The van der Waals surface area contributed by atoms with E-state index >= 15 is 0 Å². The minimum absolute atomic E-state index is 0.199. The molecule has 0 amide bonds. The lowest BCUT2D eigenvalue weighted by Crippen LogP contribution is -2.50. The highest BCUT2D eigenvalue weighted by atomic mass is 14.8. The molecule has 2 aromatic rings. The van der Waals surface area contributed by atoms with Crippen LogP contribution in [0.4, 0.5) is 0 Å². The molecule has 1 aromatic heterocycles. The van der Waals surface area contributed by atoms with Crippen LogP contribution in [0.3, 0.4) is 0 Å². The highest BCUT2D eigenvalue weighted by Crippen LogP contribution is 2.45. The van der Waals surface area contributed by atoms with Gasteiger partial charge in [-0.15, -0.1) is 0 Å². The molecule has 21 heavy (non-hydrogen) atoms. The topological polar surface area (TPSA) is 38.9 Å². The van der Waals surface area contributed by atoms with Crippen molar-refractivity contribution in [3.05, 3.63) is 42.1 Å². The molecule has 2 N–H and O–H groups in total.